The zero-order chi connectivity index (χ0) is 26.0. The minimum Gasteiger partial charge on any atom is -0.354 e. The maximum absolute atomic E-state index is 13.3. The number of fused-ring (bicyclic) bond motifs is 3. The number of nitrogens with zero attached hydrogens (tertiary/aromatic N) is 4. The van der Waals surface area contributed by atoms with E-state index < -0.39 is 11.6 Å². The zero-order valence-corrected chi connectivity index (χ0v) is 20.9. The lowest BCUT2D eigenvalue weighted by atomic mass is 10.1. The number of nitrogens with one attached hydrogen (secondary N) is 2. The Bertz CT molecular complexity index is 1580. The third-order valence-electron chi connectivity index (χ3n) is 6.44. The van der Waals surface area contributed by atoms with E-state index >= 15 is 0 Å². The van der Waals surface area contributed by atoms with Gasteiger partial charge in [-0.25, -0.2) is 13.9 Å². The predicted octanol–water partition coefficient (Wildman–Crippen LogP) is 2.37. The molecule has 0 fully saturated rings. The fourth-order valence-corrected chi connectivity index (χ4v) is 4.05. The second-order valence-electron chi connectivity index (χ2n) is 8.97. The van der Waals surface area contributed by atoms with Crippen molar-refractivity contribution >= 4 is 34.2 Å². The maximum Gasteiger partial charge on any atom is 0.352 e. The number of hydrogen-bond donors (Lipinski definition) is 2. The van der Waals surface area contributed by atoms with E-state index in [1.807, 2.05) is 39.8 Å². The molecule has 188 valence electrons. The first-order valence-electron chi connectivity index (χ1n) is 12.0. The van der Waals surface area contributed by atoms with Crippen LogP contribution >= 0.6 is 0 Å². The molecule has 10 nitrogen and oxygen atoms in total. The summed E-state index contributed by atoms with van der Waals surface area (Å²) in [6, 6.07) is 12.3. The molecule has 0 spiro atoms. The van der Waals surface area contributed by atoms with Crippen LogP contribution in [0.1, 0.15) is 37.8 Å². The summed E-state index contributed by atoms with van der Waals surface area (Å²) < 4.78 is 3.67. The van der Waals surface area contributed by atoms with Gasteiger partial charge in [-0.2, -0.15) is 0 Å². The van der Waals surface area contributed by atoms with Gasteiger partial charge >= 0.3 is 5.69 Å². The lowest BCUT2D eigenvalue weighted by molar-refractivity contribution is -0.122. The van der Waals surface area contributed by atoms with Gasteiger partial charge in [-0.3, -0.25) is 19.0 Å². The van der Waals surface area contributed by atoms with E-state index in [1.165, 1.54) is 8.97 Å². The Morgan fingerprint density at radius 2 is 1.78 bits per heavy atom. The Labute approximate surface area is 207 Å². The Kier molecular flexibility index (Phi) is 7.05. The first-order chi connectivity index (χ1) is 17.2. The predicted molar refractivity (Wildman–Crippen MR) is 138 cm³/mol. The molecule has 2 aromatic carbocycles. The molecule has 2 N–H and O–H groups in total. The third-order valence-corrected chi connectivity index (χ3v) is 6.44. The van der Waals surface area contributed by atoms with Gasteiger partial charge in [-0.15, -0.1) is 5.10 Å². The largest absolute Gasteiger partial charge is 0.354 e. The van der Waals surface area contributed by atoms with E-state index in [-0.39, 0.29) is 42.8 Å². The smallest absolute Gasteiger partial charge is 0.352 e. The highest BCUT2D eigenvalue weighted by atomic mass is 16.2. The van der Waals surface area contributed by atoms with Gasteiger partial charge in [-0.05, 0) is 56.5 Å². The van der Waals surface area contributed by atoms with Crippen LogP contribution in [0, 0.1) is 13.8 Å². The van der Waals surface area contributed by atoms with Crippen LogP contribution in [0.15, 0.2) is 52.1 Å². The maximum atomic E-state index is 13.3. The van der Waals surface area contributed by atoms with E-state index in [0.29, 0.717) is 16.6 Å². The first kappa shape index (κ1) is 24.9. The Morgan fingerprint density at radius 3 is 2.53 bits per heavy atom. The molecule has 4 rings (SSSR count). The quantitative estimate of drug-likeness (QED) is 0.393. The van der Waals surface area contributed by atoms with Gasteiger partial charge in [0.05, 0.1) is 10.9 Å². The van der Waals surface area contributed by atoms with Gasteiger partial charge < -0.3 is 10.6 Å². The monoisotopic (exact) mass is 490 g/mol. The fraction of sp³-hybridized carbons (Fsp3) is 0.346. The Hall–Kier alpha value is -4.21. The van der Waals surface area contributed by atoms with Crippen molar-refractivity contribution in [3.05, 3.63) is 74.4 Å². The van der Waals surface area contributed by atoms with Crippen LogP contribution in [0.25, 0.3) is 16.7 Å². The molecule has 1 unspecified atom stereocenters. The standard InChI is InChI=1S/C26H30N6O4/c1-5-17(3)27-22(33)13-14-30-24(35)19-10-6-7-12-21(19)32-25(30)29-31(26(32)36)15-23(34)28-20-11-8-9-16(2)18(20)4/h6-12,17H,5,13-15H2,1-4H3,(H,27,33)(H,28,34). The number of carbonyl (C=O) groups is 2. The third kappa shape index (κ3) is 4.79. The number of aryl methyl sites for hydroxylation is 2. The number of carbonyl (C=O) groups excluding carboxylic acids is 2. The molecule has 2 aromatic heterocycles. The molecule has 2 amide bonds. The van der Waals surface area contributed by atoms with Crippen molar-refractivity contribution in [3.63, 3.8) is 0 Å². The molecular weight excluding hydrogens is 460 g/mol. The molecule has 0 aliphatic rings. The van der Waals surface area contributed by atoms with Crippen LogP contribution in [0.5, 0.6) is 0 Å². The van der Waals surface area contributed by atoms with Crippen LogP contribution in [0.4, 0.5) is 5.69 Å². The summed E-state index contributed by atoms with van der Waals surface area (Å²) in [6.45, 7) is 7.45. The van der Waals surface area contributed by atoms with Crippen molar-refractivity contribution in [2.24, 2.45) is 0 Å². The molecule has 36 heavy (non-hydrogen) atoms. The van der Waals surface area contributed by atoms with E-state index in [9.17, 15) is 19.2 Å². The minimum absolute atomic E-state index is 0.0169. The number of para-hydroxylation sites is 1. The molecule has 0 aliphatic heterocycles. The second kappa shape index (κ2) is 10.2. The Balaban J connectivity index is 1.72. The molecule has 0 radical (unpaired) electrons. The van der Waals surface area contributed by atoms with E-state index in [0.717, 1.165) is 22.2 Å². The van der Waals surface area contributed by atoms with Crippen molar-refractivity contribution in [1.29, 1.82) is 0 Å². The van der Waals surface area contributed by atoms with Crippen LogP contribution in [0.2, 0.25) is 0 Å². The van der Waals surface area contributed by atoms with Gasteiger partial charge in [-0.1, -0.05) is 31.2 Å². The normalized spacial score (nSPS) is 12.1. The fourth-order valence-electron chi connectivity index (χ4n) is 4.05. The number of aromatic nitrogens is 4. The number of anilines is 1. The number of benzene rings is 2. The number of hydrogen-bond acceptors (Lipinski definition) is 5. The average Bonchev–Trinajstić information content (AvgIpc) is 3.17. The molecular formula is C26H30N6O4. The van der Waals surface area contributed by atoms with Crippen molar-refractivity contribution in [2.75, 3.05) is 5.32 Å². The second-order valence-corrected chi connectivity index (χ2v) is 8.97. The number of amides is 2. The lowest BCUT2D eigenvalue weighted by Crippen LogP contribution is -2.34. The van der Waals surface area contributed by atoms with Crippen molar-refractivity contribution in [2.45, 2.75) is 59.7 Å². The van der Waals surface area contributed by atoms with Crippen LogP contribution in [-0.4, -0.2) is 36.6 Å². The molecule has 1 atom stereocenters. The summed E-state index contributed by atoms with van der Waals surface area (Å²) in [5.41, 5.74) is 2.12. The van der Waals surface area contributed by atoms with Gasteiger partial charge in [0.2, 0.25) is 17.6 Å². The first-order valence-corrected chi connectivity index (χ1v) is 12.0. The van der Waals surface area contributed by atoms with Gasteiger partial charge in [0, 0.05) is 24.7 Å². The Morgan fingerprint density at radius 1 is 1.03 bits per heavy atom. The molecule has 0 bridgehead atoms. The lowest BCUT2D eigenvalue weighted by Gasteiger charge is -2.12. The van der Waals surface area contributed by atoms with Gasteiger partial charge in [0.15, 0.2) is 0 Å². The van der Waals surface area contributed by atoms with Gasteiger partial charge in [0.25, 0.3) is 5.56 Å². The molecule has 10 heteroatoms. The van der Waals surface area contributed by atoms with Crippen molar-refractivity contribution in [1.82, 2.24) is 24.1 Å². The van der Waals surface area contributed by atoms with Crippen LogP contribution in [-0.2, 0) is 22.7 Å². The van der Waals surface area contributed by atoms with E-state index in [4.69, 9.17) is 0 Å². The zero-order valence-electron chi connectivity index (χ0n) is 20.9. The highest BCUT2D eigenvalue weighted by Crippen LogP contribution is 2.18. The topological polar surface area (TPSA) is 120 Å². The van der Waals surface area contributed by atoms with Crippen LogP contribution in [0.3, 0.4) is 0 Å². The van der Waals surface area contributed by atoms with E-state index in [1.54, 1.807) is 30.3 Å². The summed E-state index contributed by atoms with van der Waals surface area (Å²) in [4.78, 5) is 51.8. The van der Waals surface area contributed by atoms with Crippen molar-refractivity contribution in [3.8, 4) is 0 Å². The summed E-state index contributed by atoms with van der Waals surface area (Å²) in [5.74, 6) is -0.530. The average molecular weight is 491 g/mol. The molecule has 0 saturated carbocycles. The van der Waals surface area contributed by atoms with E-state index in [2.05, 4.69) is 15.7 Å². The summed E-state index contributed by atoms with van der Waals surface area (Å²) in [7, 11) is 0. The minimum atomic E-state index is -0.546. The molecule has 2 heterocycles. The summed E-state index contributed by atoms with van der Waals surface area (Å²) in [6.07, 6.45) is 0.836. The SMILES string of the molecule is CCC(C)NC(=O)CCn1c(=O)c2ccccc2n2c(=O)n(CC(=O)Nc3cccc(C)c3C)nc12. The van der Waals surface area contributed by atoms with Crippen LogP contribution < -0.4 is 21.9 Å². The summed E-state index contributed by atoms with van der Waals surface area (Å²) in [5, 5.41) is 10.4. The molecule has 0 aliphatic carbocycles. The highest BCUT2D eigenvalue weighted by molar-refractivity contribution is 5.91. The van der Waals surface area contributed by atoms with Gasteiger partial charge in [0.1, 0.15) is 6.54 Å². The summed E-state index contributed by atoms with van der Waals surface area (Å²) >= 11 is 0. The van der Waals surface area contributed by atoms with Crippen molar-refractivity contribution < 1.29 is 9.59 Å². The molecule has 4 aromatic rings. The number of rotatable bonds is 8. The highest BCUT2D eigenvalue weighted by Gasteiger charge is 2.19. The molecule has 0 saturated heterocycles.